The second kappa shape index (κ2) is 4.93. The summed E-state index contributed by atoms with van der Waals surface area (Å²) >= 11 is 1.55. The van der Waals surface area contributed by atoms with Crippen molar-refractivity contribution in [2.75, 3.05) is 12.9 Å². The lowest BCUT2D eigenvalue weighted by molar-refractivity contribution is -0.141. The van der Waals surface area contributed by atoms with Gasteiger partial charge >= 0.3 is 11.7 Å². The largest absolute Gasteiger partial charge is 0.469 e. The summed E-state index contributed by atoms with van der Waals surface area (Å²) in [4.78, 5) is 22.8. The molecular weight excluding hydrogens is 280 g/mol. The van der Waals surface area contributed by atoms with Crippen molar-refractivity contribution in [1.82, 2.24) is 19.8 Å². The van der Waals surface area contributed by atoms with Crippen molar-refractivity contribution in [2.24, 2.45) is 5.41 Å². The molecule has 1 aliphatic rings. The molecule has 8 heteroatoms. The first-order valence-corrected chi connectivity index (χ1v) is 7.25. The fourth-order valence-electron chi connectivity index (χ4n) is 2.02. The Morgan fingerprint density at radius 1 is 1.55 bits per heavy atom. The summed E-state index contributed by atoms with van der Waals surface area (Å²) in [5, 5.41) is 11.1. The van der Waals surface area contributed by atoms with Crippen LogP contribution in [0.2, 0.25) is 0 Å². The van der Waals surface area contributed by atoms with Crippen LogP contribution in [-0.2, 0) is 9.53 Å². The van der Waals surface area contributed by atoms with Gasteiger partial charge < -0.3 is 4.74 Å². The molecule has 3 rings (SSSR count). The fraction of sp³-hybridized carbons (Fsp3) is 0.500. The zero-order valence-corrected chi connectivity index (χ0v) is 11.8. The average molecular weight is 294 g/mol. The number of aromatic nitrogens is 4. The SMILES string of the molecule is COC(=O)CC1(CSc2ccc3n[nH]c(=O)n3n2)CC1. The van der Waals surface area contributed by atoms with Gasteiger partial charge in [-0.15, -0.1) is 11.8 Å². The molecule has 1 saturated carbocycles. The Morgan fingerprint density at radius 2 is 2.35 bits per heavy atom. The smallest absolute Gasteiger partial charge is 0.364 e. The molecule has 7 nitrogen and oxygen atoms in total. The number of ether oxygens (including phenoxy) is 1. The number of hydrogen-bond acceptors (Lipinski definition) is 6. The summed E-state index contributed by atoms with van der Waals surface area (Å²) in [7, 11) is 1.41. The third-order valence-electron chi connectivity index (χ3n) is 3.48. The van der Waals surface area contributed by atoms with Crippen LogP contribution in [0.15, 0.2) is 22.0 Å². The highest BCUT2D eigenvalue weighted by Gasteiger charge is 2.44. The van der Waals surface area contributed by atoms with E-state index in [0.717, 1.165) is 23.6 Å². The maximum atomic E-state index is 11.4. The summed E-state index contributed by atoms with van der Waals surface area (Å²) in [5.41, 5.74) is 0.184. The van der Waals surface area contributed by atoms with Crippen LogP contribution in [0.5, 0.6) is 0 Å². The molecule has 2 aromatic heterocycles. The molecule has 1 N–H and O–H groups in total. The van der Waals surface area contributed by atoms with Crippen LogP contribution in [0.4, 0.5) is 0 Å². The van der Waals surface area contributed by atoms with E-state index in [1.807, 2.05) is 6.07 Å². The molecule has 0 radical (unpaired) electrons. The minimum Gasteiger partial charge on any atom is -0.469 e. The van der Waals surface area contributed by atoms with Gasteiger partial charge in [-0.2, -0.15) is 14.7 Å². The Hall–Kier alpha value is -1.83. The van der Waals surface area contributed by atoms with Gasteiger partial charge in [-0.1, -0.05) is 0 Å². The summed E-state index contributed by atoms with van der Waals surface area (Å²) < 4.78 is 5.96. The van der Waals surface area contributed by atoms with Crippen LogP contribution in [-0.4, -0.2) is 38.6 Å². The predicted octanol–water partition coefficient (Wildman–Crippen LogP) is 0.853. The first-order valence-electron chi connectivity index (χ1n) is 6.26. The van der Waals surface area contributed by atoms with Crippen molar-refractivity contribution in [2.45, 2.75) is 24.3 Å². The third-order valence-corrected chi connectivity index (χ3v) is 4.75. The zero-order valence-electron chi connectivity index (χ0n) is 11.0. The van der Waals surface area contributed by atoms with Crippen LogP contribution in [0.25, 0.3) is 5.65 Å². The van der Waals surface area contributed by atoms with Crippen molar-refractivity contribution in [3.8, 4) is 0 Å². The molecule has 0 saturated heterocycles. The van der Waals surface area contributed by atoms with Crippen molar-refractivity contribution < 1.29 is 9.53 Å². The van der Waals surface area contributed by atoms with Gasteiger partial charge in [-0.25, -0.2) is 9.89 Å². The first-order chi connectivity index (χ1) is 9.62. The van der Waals surface area contributed by atoms with Gasteiger partial charge in [-0.05, 0) is 30.4 Å². The normalized spacial score (nSPS) is 16.2. The lowest BCUT2D eigenvalue weighted by atomic mass is 10.1. The lowest BCUT2D eigenvalue weighted by Crippen LogP contribution is -2.14. The zero-order chi connectivity index (χ0) is 14.2. The molecule has 2 aromatic rings. The third kappa shape index (κ3) is 2.55. The number of methoxy groups -OCH3 is 1. The average Bonchev–Trinajstić information content (AvgIpc) is 3.13. The number of hydrogen-bond donors (Lipinski definition) is 1. The highest BCUT2D eigenvalue weighted by atomic mass is 32.2. The highest BCUT2D eigenvalue weighted by Crippen LogP contribution is 2.51. The van der Waals surface area contributed by atoms with Crippen molar-refractivity contribution >= 4 is 23.4 Å². The lowest BCUT2D eigenvalue weighted by Gasteiger charge is -2.12. The number of nitrogens with zero attached hydrogens (tertiary/aromatic N) is 3. The van der Waals surface area contributed by atoms with E-state index in [1.54, 1.807) is 17.8 Å². The Bertz CT molecular complexity index is 704. The van der Waals surface area contributed by atoms with Crippen LogP contribution < -0.4 is 5.69 Å². The van der Waals surface area contributed by atoms with Crippen molar-refractivity contribution in [1.29, 1.82) is 0 Å². The van der Waals surface area contributed by atoms with Gasteiger partial charge in [0.15, 0.2) is 5.65 Å². The van der Waals surface area contributed by atoms with Crippen LogP contribution in [0.1, 0.15) is 19.3 Å². The first kappa shape index (κ1) is 13.2. The predicted molar refractivity (Wildman–Crippen MR) is 72.6 cm³/mol. The highest BCUT2D eigenvalue weighted by molar-refractivity contribution is 7.99. The van der Waals surface area contributed by atoms with E-state index in [4.69, 9.17) is 4.74 Å². The van der Waals surface area contributed by atoms with Crippen LogP contribution in [0.3, 0.4) is 0 Å². The topological polar surface area (TPSA) is 89.3 Å². The molecule has 0 spiro atoms. The van der Waals surface area contributed by atoms with E-state index in [9.17, 15) is 9.59 Å². The number of carbonyl (C=O) groups excluding carboxylic acids is 1. The minimum absolute atomic E-state index is 0.0375. The van der Waals surface area contributed by atoms with Gasteiger partial charge in [0.1, 0.15) is 5.03 Å². The van der Waals surface area contributed by atoms with Gasteiger partial charge in [0.25, 0.3) is 0 Å². The van der Waals surface area contributed by atoms with E-state index in [-0.39, 0.29) is 17.1 Å². The summed E-state index contributed by atoms with van der Waals surface area (Å²) in [5.74, 6) is 0.630. The number of carbonyl (C=O) groups is 1. The molecule has 106 valence electrons. The number of aromatic amines is 1. The monoisotopic (exact) mass is 294 g/mol. The fourth-order valence-corrected chi connectivity index (χ4v) is 3.17. The second-order valence-electron chi connectivity index (χ2n) is 5.01. The number of fused-ring (bicyclic) bond motifs is 1. The molecule has 20 heavy (non-hydrogen) atoms. The van der Waals surface area contributed by atoms with Crippen molar-refractivity contribution in [3.63, 3.8) is 0 Å². The van der Waals surface area contributed by atoms with Gasteiger partial charge in [0.2, 0.25) is 0 Å². The van der Waals surface area contributed by atoms with Gasteiger partial charge in [0, 0.05) is 5.75 Å². The maximum absolute atomic E-state index is 11.4. The van der Waals surface area contributed by atoms with E-state index < -0.39 is 0 Å². The summed E-state index contributed by atoms with van der Waals surface area (Å²) in [6.07, 6.45) is 2.51. The molecule has 1 fully saturated rings. The summed E-state index contributed by atoms with van der Waals surface area (Å²) in [6.45, 7) is 0. The molecule has 0 unspecified atom stereocenters. The Labute approximate surface area is 118 Å². The Balaban J connectivity index is 1.69. The molecule has 0 atom stereocenters. The molecule has 0 bridgehead atoms. The van der Waals surface area contributed by atoms with E-state index >= 15 is 0 Å². The standard InChI is InChI=1S/C12H14N4O3S/c1-19-10(17)6-12(4-5-12)7-20-9-3-2-8-13-14-11(18)16(8)15-9/h2-3H,4-7H2,1H3,(H,14,18). The molecule has 0 aliphatic heterocycles. The molecule has 0 amide bonds. The van der Waals surface area contributed by atoms with Gasteiger partial charge in [-0.3, -0.25) is 4.79 Å². The van der Waals surface area contributed by atoms with E-state index in [0.29, 0.717) is 12.1 Å². The number of H-pyrrole nitrogens is 1. The molecule has 2 heterocycles. The Kier molecular flexibility index (Phi) is 3.25. The van der Waals surface area contributed by atoms with Crippen LogP contribution >= 0.6 is 11.8 Å². The quantitative estimate of drug-likeness (QED) is 0.649. The number of thioether (sulfide) groups is 1. The minimum atomic E-state index is -0.349. The number of esters is 1. The molecule has 0 aromatic carbocycles. The summed E-state index contributed by atoms with van der Waals surface area (Å²) in [6, 6.07) is 3.57. The van der Waals surface area contributed by atoms with E-state index in [1.165, 1.54) is 11.6 Å². The number of rotatable bonds is 5. The van der Waals surface area contributed by atoms with E-state index in [2.05, 4.69) is 15.3 Å². The molecule has 1 aliphatic carbocycles. The Morgan fingerprint density at radius 3 is 3.05 bits per heavy atom. The second-order valence-corrected chi connectivity index (χ2v) is 6.01. The number of nitrogens with one attached hydrogen (secondary N) is 1. The maximum Gasteiger partial charge on any atom is 0.364 e. The van der Waals surface area contributed by atoms with Crippen LogP contribution in [0, 0.1) is 5.41 Å². The van der Waals surface area contributed by atoms with Gasteiger partial charge in [0.05, 0.1) is 13.5 Å². The van der Waals surface area contributed by atoms with Crippen molar-refractivity contribution in [3.05, 3.63) is 22.6 Å². The molecular formula is C12H14N4O3S.